The predicted octanol–water partition coefficient (Wildman–Crippen LogP) is 3.89. The van der Waals surface area contributed by atoms with Crippen LogP contribution in [-0.2, 0) is 4.74 Å². The summed E-state index contributed by atoms with van der Waals surface area (Å²) in [6.07, 6.45) is 4.46. The molecule has 0 bridgehead atoms. The van der Waals surface area contributed by atoms with E-state index in [1.54, 1.807) is 6.92 Å². The van der Waals surface area contributed by atoms with Crippen LogP contribution in [0.4, 0.5) is 8.78 Å². The minimum Gasteiger partial charge on any atom is -0.462 e. The first-order valence-electron chi connectivity index (χ1n) is 7.17. The van der Waals surface area contributed by atoms with Crippen molar-refractivity contribution in [2.45, 2.75) is 57.9 Å². The summed E-state index contributed by atoms with van der Waals surface area (Å²) in [5.41, 5.74) is -0.401. The molecule has 1 saturated carbocycles. The third-order valence-electron chi connectivity index (χ3n) is 3.71. The van der Waals surface area contributed by atoms with Crippen LogP contribution in [0.15, 0.2) is 6.20 Å². The second kappa shape index (κ2) is 6.81. The maximum absolute atomic E-state index is 13.3. The molecular weight excluding hydrogens is 266 g/mol. The summed E-state index contributed by atoms with van der Waals surface area (Å²) in [7, 11) is 0. The lowest BCUT2D eigenvalue weighted by molar-refractivity contribution is 0.0512. The maximum atomic E-state index is 13.3. The molecule has 1 aromatic rings. The molecular formula is C14H20F2N2O2. The van der Waals surface area contributed by atoms with Gasteiger partial charge in [-0.3, -0.25) is 4.68 Å². The van der Waals surface area contributed by atoms with Gasteiger partial charge in [0.25, 0.3) is 6.43 Å². The smallest absolute Gasteiger partial charge is 0.341 e. The molecule has 0 aliphatic heterocycles. The Morgan fingerprint density at radius 1 is 1.40 bits per heavy atom. The van der Waals surface area contributed by atoms with Crippen molar-refractivity contribution in [2.24, 2.45) is 0 Å². The van der Waals surface area contributed by atoms with Gasteiger partial charge in [-0.15, -0.1) is 0 Å². The Bertz CT molecular complexity index is 452. The number of alkyl halides is 2. The average molecular weight is 286 g/mol. The average Bonchev–Trinajstić information content (AvgIpc) is 2.68. The molecule has 0 N–H and O–H groups in total. The Hall–Kier alpha value is -1.46. The summed E-state index contributed by atoms with van der Waals surface area (Å²) in [6.45, 7) is 1.81. The Morgan fingerprint density at radius 2 is 2.05 bits per heavy atom. The van der Waals surface area contributed by atoms with Gasteiger partial charge >= 0.3 is 5.97 Å². The fraction of sp³-hybridized carbons (Fsp3) is 0.714. The number of rotatable bonds is 4. The molecule has 0 amide bonds. The molecule has 1 aliphatic carbocycles. The van der Waals surface area contributed by atoms with Crippen molar-refractivity contribution in [3.63, 3.8) is 0 Å². The zero-order valence-electron chi connectivity index (χ0n) is 11.6. The fourth-order valence-electron chi connectivity index (χ4n) is 2.75. The number of esters is 1. The third-order valence-corrected chi connectivity index (χ3v) is 3.71. The molecule has 1 heterocycles. The largest absolute Gasteiger partial charge is 0.462 e. The van der Waals surface area contributed by atoms with Gasteiger partial charge in [0.15, 0.2) is 0 Å². The summed E-state index contributed by atoms with van der Waals surface area (Å²) < 4.78 is 32.8. The molecule has 4 nitrogen and oxygen atoms in total. The van der Waals surface area contributed by atoms with E-state index in [1.807, 2.05) is 0 Å². The second-order valence-electron chi connectivity index (χ2n) is 5.05. The lowest BCUT2D eigenvalue weighted by Gasteiger charge is -2.18. The van der Waals surface area contributed by atoms with Gasteiger partial charge in [-0.1, -0.05) is 25.7 Å². The summed E-state index contributed by atoms with van der Waals surface area (Å²) in [4.78, 5) is 11.7. The Balaban J connectivity index is 2.30. The van der Waals surface area contributed by atoms with E-state index in [1.165, 1.54) is 10.9 Å². The van der Waals surface area contributed by atoms with Crippen LogP contribution in [0.5, 0.6) is 0 Å². The molecule has 0 spiro atoms. The maximum Gasteiger partial charge on any atom is 0.341 e. The van der Waals surface area contributed by atoms with Gasteiger partial charge in [0.1, 0.15) is 11.3 Å². The number of ether oxygens (including phenoxy) is 1. The van der Waals surface area contributed by atoms with E-state index in [9.17, 15) is 13.6 Å². The van der Waals surface area contributed by atoms with Crippen LogP contribution in [-0.4, -0.2) is 22.4 Å². The molecule has 0 atom stereocenters. The van der Waals surface area contributed by atoms with Crippen molar-refractivity contribution in [3.05, 3.63) is 17.5 Å². The molecule has 2 rings (SSSR count). The van der Waals surface area contributed by atoms with E-state index >= 15 is 0 Å². The Morgan fingerprint density at radius 3 is 2.60 bits per heavy atom. The van der Waals surface area contributed by atoms with Gasteiger partial charge in [0.05, 0.1) is 18.8 Å². The molecule has 0 aromatic carbocycles. The van der Waals surface area contributed by atoms with Crippen molar-refractivity contribution >= 4 is 5.97 Å². The number of halogens is 2. The number of carbonyl (C=O) groups is 1. The fourth-order valence-corrected chi connectivity index (χ4v) is 2.75. The summed E-state index contributed by atoms with van der Waals surface area (Å²) in [5, 5.41) is 4.04. The van der Waals surface area contributed by atoms with Crippen LogP contribution in [0.2, 0.25) is 0 Å². The summed E-state index contributed by atoms with van der Waals surface area (Å²) in [6, 6.07) is -0.0373. The van der Waals surface area contributed by atoms with E-state index in [0.29, 0.717) is 0 Å². The van der Waals surface area contributed by atoms with Crippen LogP contribution in [0.3, 0.4) is 0 Å². The Labute approximate surface area is 117 Å². The quantitative estimate of drug-likeness (QED) is 0.623. The first kappa shape index (κ1) is 14.9. The highest BCUT2D eigenvalue weighted by molar-refractivity contribution is 5.90. The first-order chi connectivity index (χ1) is 9.65. The number of carbonyl (C=O) groups excluding carboxylic acids is 1. The molecule has 1 aromatic heterocycles. The topological polar surface area (TPSA) is 44.1 Å². The minimum atomic E-state index is -2.72. The van der Waals surface area contributed by atoms with Crippen LogP contribution >= 0.6 is 0 Å². The highest BCUT2D eigenvalue weighted by Gasteiger charge is 2.29. The van der Waals surface area contributed by atoms with Crippen molar-refractivity contribution < 1.29 is 18.3 Å². The standard InChI is InChI=1S/C14H20F2N2O2/c1-2-20-14(19)11-9-17-18(12(11)13(15)16)10-7-5-3-4-6-8-10/h9-10,13H,2-8H2,1H3. The molecule has 1 aliphatic rings. The van der Waals surface area contributed by atoms with Gasteiger partial charge in [0, 0.05) is 0 Å². The monoisotopic (exact) mass is 286 g/mol. The van der Waals surface area contributed by atoms with Crippen molar-refractivity contribution in [1.82, 2.24) is 9.78 Å². The summed E-state index contributed by atoms with van der Waals surface area (Å²) in [5.74, 6) is -0.720. The lowest BCUT2D eigenvalue weighted by atomic mass is 10.1. The molecule has 6 heteroatoms. The molecule has 0 saturated heterocycles. The minimum absolute atomic E-state index is 0.0373. The number of hydrogen-bond acceptors (Lipinski definition) is 3. The van der Waals surface area contributed by atoms with Crippen molar-refractivity contribution in [2.75, 3.05) is 6.61 Å². The SMILES string of the molecule is CCOC(=O)c1cnn(C2CCCCCC2)c1C(F)F. The third kappa shape index (κ3) is 3.16. The summed E-state index contributed by atoms with van der Waals surface area (Å²) >= 11 is 0. The molecule has 1 fully saturated rings. The van der Waals surface area contributed by atoms with Gasteiger partial charge in [0.2, 0.25) is 0 Å². The molecule has 20 heavy (non-hydrogen) atoms. The highest BCUT2D eigenvalue weighted by atomic mass is 19.3. The van der Waals surface area contributed by atoms with E-state index in [0.717, 1.165) is 38.5 Å². The second-order valence-corrected chi connectivity index (χ2v) is 5.05. The van der Waals surface area contributed by atoms with Crippen LogP contribution in [0, 0.1) is 0 Å². The zero-order chi connectivity index (χ0) is 14.5. The van der Waals surface area contributed by atoms with Gasteiger partial charge < -0.3 is 4.74 Å². The van der Waals surface area contributed by atoms with Crippen LogP contribution in [0.25, 0.3) is 0 Å². The predicted molar refractivity (Wildman–Crippen MR) is 69.9 cm³/mol. The van der Waals surface area contributed by atoms with Crippen molar-refractivity contribution in [1.29, 1.82) is 0 Å². The molecule has 0 unspecified atom stereocenters. The van der Waals surface area contributed by atoms with E-state index < -0.39 is 12.4 Å². The van der Waals surface area contributed by atoms with E-state index in [-0.39, 0.29) is 23.9 Å². The van der Waals surface area contributed by atoms with E-state index in [2.05, 4.69) is 5.10 Å². The van der Waals surface area contributed by atoms with Crippen LogP contribution < -0.4 is 0 Å². The van der Waals surface area contributed by atoms with Gasteiger partial charge in [-0.2, -0.15) is 5.10 Å². The van der Waals surface area contributed by atoms with Gasteiger partial charge in [-0.05, 0) is 19.8 Å². The van der Waals surface area contributed by atoms with Crippen molar-refractivity contribution in [3.8, 4) is 0 Å². The molecule has 112 valence electrons. The first-order valence-corrected chi connectivity index (χ1v) is 7.17. The van der Waals surface area contributed by atoms with Crippen LogP contribution in [0.1, 0.15) is 74.0 Å². The number of aromatic nitrogens is 2. The lowest BCUT2D eigenvalue weighted by Crippen LogP contribution is -2.16. The molecule has 0 radical (unpaired) electrons. The van der Waals surface area contributed by atoms with Gasteiger partial charge in [-0.25, -0.2) is 13.6 Å². The van der Waals surface area contributed by atoms with E-state index in [4.69, 9.17) is 4.74 Å². The number of hydrogen-bond donors (Lipinski definition) is 0. The zero-order valence-corrected chi connectivity index (χ0v) is 11.6. The highest BCUT2D eigenvalue weighted by Crippen LogP contribution is 2.32. The number of nitrogens with zero attached hydrogens (tertiary/aromatic N) is 2. The normalized spacial score (nSPS) is 17.2. The Kier molecular flexibility index (Phi) is 5.09.